The van der Waals surface area contributed by atoms with Crippen molar-refractivity contribution in [2.45, 2.75) is 45.2 Å². The third-order valence-corrected chi connectivity index (χ3v) is 9.46. The van der Waals surface area contributed by atoms with Crippen molar-refractivity contribution in [1.29, 1.82) is 0 Å². The maximum absolute atomic E-state index is 14.0. The molecule has 0 saturated carbocycles. The Labute approximate surface area is 245 Å². The van der Waals surface area contributed by atoms with Crippen LogP contribution in [0.15, 0.2) is 72.9 Å². The number of piperidine rings is 1. The number of likely N-dealkylation sites (tertiary alicyclic amines) is 1. The van der Waals surface area contributed by atoms with Gasteiger partial charge in [-0.15, -0.1) is 0 Å². The summed E-state index contributed by atoms with van der Waals surface area (Å²) >= 11 is 0. The van der Waals surface area contributed by atoms with Gasteiger partial charge in [0.15, 0.2) is 0 Å². The van der Waals surface area contributed by atoms with Crippen molar-refractivity contribution in [3.63, 3.8) is 0 Å². The van der Waals surface area contributed by atoms with Gasteiger partial charge in [-0.05, 0) is 66.0 Å². The fraction of sp³-hybridized carbons (Fsp3) is 0.353. The van der Waals surface area contributed by atoms with E-state index in [-0.39, 0.29) is 36.0 Å². The van der Waals surface area contributed by atoms with Crippen molar-refractivity contribution in [2.75, 3.05) is 18.4 Å². The van der Waals surface area contributed by atoms with E-state index in [1.54, 1.807) is 0 Å². The lowest BCUT2D eigenvalue weighted by Gasteiger charge is -2.37. The molecule has 0 spiro atoms. The Bertz CT molecular complexity index is 1640. The van der Waals surface area contributed by atoms with Crippen molar-refractivity contribution in [3.8, 4) is 0 Å². The first-order valence-electron chi connectivity index (χ1n) is 15.0. The first kappa shape index (κ1) is 26.4. The van der Waals surface area contributed by atoms with E-state index in [1.807, 2.05) is 70.6 Å². The Hall–Kier alpha value is -4.46. The number of rotatable bonds is 5. The number of aromatic nitrogens is 2. The van der Waals surface area contributed by atoms with Crippen molar-refractivity contribution < 1.29 is 14.4 Å². The summed E-state index contributed by atoms with van der Waals surface area (Å²) in [5.74, 6) is -0.113. The molecule has 0 radical (unpaired) electrons. The number of nitrogens with one attached hydrogen (secondary N) is 2. The van der Waals surface area contributed by atoms with Crippen LogP contribution in [0, 0.1) is 17.8 Å². The van der Waals surface area contributed by atoms with E-state index in [0.29, 0.717) is 32.6 Å². The zero-order chi connectivity index (χ0) is 28.6. The van der Waals surface area contributed by atoms with Crippen LogP contribution < -0.4 is 5.32 Å². The minimum absolute atomic E-state index is 0.0208. The van der Waals surface area contributed by atoms with Crippen molar-refractivity contribution in [2.24, 2.45) is 17.8 Å². The normalized spacial score (nSPS) is 21.0. The second-order valence-electron chi connectivity index (χ2n) is 12.0. The largest absolute Gasteiger partial charge is 0.343 e. The van der Waals surface area contributed by atoms with Crippen molar-refractivity contribution >= 4 is 34.3 Å². The number of aromatic amines is 1. The highest BCUT2D eigenvalue weighted by Gasteiger charge is 2.37. The summed E-state index contributed by atoms with van der Waals surface area (Å²) < 4.78 is 0. The highest BCUT2D eigenvalue weighted by Crippen LogP contribution is 2.35. The second-order valence-corrected chi connectivity index (χ2v) is 12.0. The molecule has 0 aliphatic carbocycles. The quantitative estimate of drug-likeness (QED) is 0.369. The lowest BCUT2D eigenvalue weighted by molar-refractivity contribution is -0.142. The standard InChI is InChI=1S/C34H35N5O3/c40-32(38-14-12-23(13-15-38)27-17-25-8-4-5-9-30(25)36-33(27)41)18-26-16-24-10-11-31-28(19-35-37-31)29(24)21-39(34(26)42)20-22-6-2-1-3-7-22/h1-11,19,23,26-27H,12-18,20-21H2,(H,35,37)(H,36,41)/t26-,27?/m0/s1. The zero-order valence-corrected chi connectivity index (χ0v) is 23.6. The molecule has 3 aliphatic heterocycles. The molecule has 8 heteroatoms. The first-order valence-corrected chi connectivity index (χ1v) is 15.0. The maximum Gasteiger partial charge on any atom is 0.228 e. The average molecular weight is 562 g/mol. The van der Waals surface area contributed by atoms with Crippen LogP contribution in [0.3, 0.4) is 0 Å². The molecule has 3 aromatic carbocycles. The van der Waals surface area contributed by atoms with Gasteiger partial charge < -0.3 is 15.1 Å². The molecule has 2 N–H and O–H groups in total. The molecule has 0 bridgehead atoms. The van der Waals surface area contributed by atoms with Crippen LogP contribution in [0.5, 0.6) is 0 Å². The number of amides is 3. The molecule has 4 aromatic rings. The SMILES string of the molecule is O=C1Nc2ccccc2CC1C1CCN(C(=O)C[C@@H]2Cc3ccc4[nH]ncc4c3CN(Cc3ccccc3)C2=O)CC1. The molecule has 42 heavy (non-hydrogen) atoms. The lowest BCUT2D eigenvalue weighted by Crippen LogP contribution is -2.45. The number of benzene rings is 3. The van der Waals surface area contributed by atoms with Crippen LogP contribution in [0.1, 0.15) is 41.5 Å². The number of anilines is 1. The van der Waals surface area contributed by atoms with Gasteiger partial charge in [0.25, 0.3) is 0 Å². The van der Waals surface area contributed by atoms with Gasteiger partial charge in [0, 0.05) is 49.6 Å². The van der Waals surface area contributed by atoms with Gasteiger partial charge in [0.05, 0.1) is 17.6 Å². The third-order valence-electron chi connectivity index (χ3n) is 9.46. The number of fused-ring (bicyclic) bond motifs is 4. The Morgan fingerprint density at radius 1 is 0.905 bits per heavy atom. The number of hydrogen-bond donors (Lipinski definition) is 2. The van der Waals surface area contributed by atoms with E-state index in [0.717, 1.165) is 52.5 Å². The highest BCUT2D eigenvalue weighted by molar-refractivity contribution is 5.96. The van der Waals surface area contributed by atoms with Crippen LogP contribution in [0.25, 0.3) is 10.9 Å². The molecule has 3 aliphatic rings. The Balaban J connectivity index is 1.06. The van der Waals surface area contributed by atoms with E-state index in [2.05, 4.69) is 27.6 Å². The van der Waals surface area contributed by atoms with Gasteiger partial charge in [0.1, 0.15) is 0 Å². The molecule has 4 heterocycles. The second kappa shape index (κ2) is 11.1. The summed E-state index contributed by atoms with van der Waals surface area (Å²) in [5, 5.41) is 11.4. The van der Waals surface area contributed by atoms with Gasteiger partial charge in [-0.2, -0.15) is 5.10 Å². The first-order chi connectivity index (χ1) is 20.5. The van der Waals surface area contributed by atoms with E-state index in [1.165, 1.54) is 5.56 Å². The van der Waals surface area contributed by atoms with Gasteiger partial charge in [-0.1, -0.05) is 54.6 Å². The maximum atomic E-state index is 14.0. The minimum atomic E-state index is -0.426. The summed E-state index contributed by atoms with van der Waals surface area (Å²) in [5.41, 5.74) is 6.32. The van der Waals surface area contributed by atoms with Gasteiger partial charge in [0.2, 0.25) is 17.7 Å². The number of H-pyrrole nitrogens is 1. The van der Waals surface area contributed by atoms with Crippen LogP contribution in [0.2, 0.25) is 0 Å². The average Bonchev–Trinajstić information content (AvgIpc) is 3.46. The minimum Gasteiger partial charge on any atom is -0.343 e. The Morgan fingerprint density at radius 3 is 2.52 bits per heavy atom. The molecule has 1 fully saturated rings. The zero-order valence-electron chi connectivity index (χ0n) is 23.6. The molecule has 8 nitrogen and oxygen atoms in total. The summed E-state index contributed by atoms with van der Waals surface area (Å²) in [6, 6.07) is 22.1. The van der Waals surface area contributed by atoms with E-state index < -0.39 is 5.92 Å². The van der Waals surface area contributed by atoms with Crippen LogP contribution in [-0.4, -0.2) is 50.8 Å². The summed E-state index contributed by atoms with van der Waals surface area (Å²) in [6.45, 7) is 2.23. The fourth-order valence-corrected chi connectivity index (χ4v) is 7.12. The molecule has 214 valence electrons. The number of para-hydroxylation sites is 1. The smallest absolute Gasteiger partial charge is 0.228 e. The molecule has 2 atom stereocenters. The molecule has 1 saturated heterocycles. The molecular weight excluding hydrogens is 526 g/mol. The fourth-order valence-electron chi connectivity index (χ4n) is 7.12. The van der Waals surface area contributed by atoms with Crippen molar-refractivity contribution in [1.82, 2.24) is 20.0 Å². The predicted octanol–water partition coefficient (Wildman–Crippen LogP) is 4.70. The third kappa shape index (κ3) is 5.06. The van der Waals surface area contributed by atoms with Gasteiger partial charge >= 0.3 is 0 Å². The molecule has 1 unspecified atom stereocenters. The monoisotopic (exact) mass is 561 g/mol. The van der Waals surface area contributed by atoms with Crippen LogP contribution >= 0.6 is 0 Å². The Kier molecular flexibility index (Phi) is 6.98. The highest BCUT2D eigenvalue weighted by atomic mass is 16.2. The Morgan fingerprint density at radius 2 is 1.69 bits per heavy atom. The number of carbonyl (C=O) groups is 3. The van der Waals surface area contributed by atoms with E-state index >= 15 is 0 Å². The molecular formula is C34H35N5O3. The summed E-state index contributed by atoms with van der Waals surface area (Å²) in [4.78, 5) is 44.3. The molecule has 3 amide bonds. The van der Waals surface area contributed by atoms with E-state index in [9.17, 15) is 14.4 Å². The van der Waals surface area contributed by atoms with E-state index in [4.69, 9.17) is 0 Å². The number of carbonyl (C=O) groups excluding carboxylic acids is 3. The summed E-state index contributed by atoms with van der Waals surface area (Å²) in [6.07, 6.45) is 4.90. The molecule has 7 rings (SSSR count). The topological polar surface area (TPSA) is 98.4 Å². The van der Waals surface area contributed by atoms with Gasteiger partial charge in [-0.25, -0.2) is 0 Å². The predicted molar refractivity (Wildman–Crippen MR) is 160 cm³/mol. The lowest BCUT2D eigenvalue weighted by atomic mass is 9.78. The number of hydrogen-bond acceptors (Lipinski definition) is 4. The van der Waals surface area contributed by atoms with Crippen LogP contribution in [0.4, 0.5) is 5.69 Å². The summed E-state index contributed by atoms with van der Waals surface area (Å²) in [7, 11) is 0. The number of nitrogens with zero attached hydrogens (tertiary/aromatic N) is 3. The van der Waals surface area contributed by atoms with Crippen LogP contribution in [-0.2, 0) is 40.3 Å². The van der Waals surface area contributed by atoms with Crippen molar-refractivity contribution in [3.05, 3.63) is 95.2 Å². The molecule has 1 aromatic heterocycles. The van der Waals surface area contributed by atoms with Gasteiger partial charge in [-0.3, -0.25) is 19.5 Å².